The number of rotatable bonds is 4. The Labute approximate surface area is 173 Å². The van der Waals surface area contributed by atoms with E-state index in [9.17, 15) is 19.2 Å². The van der Waals surface area contributed by atoms with Gasteiger partial charge in [0.15, 0.2) is 0 Å². The highest BCUT2D eigenvalue weighted by molar-refractivity contribution is 6.30. The summed E-state index contributed by atoms with van der Waals surface area (Å²) in [4.78, 5) is 53.1. The molecule has 0 saturated carbocycles. The van der Waals surface area contributed by atoms with Crippen LogP contribution in [0.4, 0.5) is 5.69 Å². The minimum Gasteiger partial charge on any atom is -0.343 e. The molecule has 2 amide bonds. The summed E-state index contributed by atoms with van der Waals surface area (Å²) in [5, 5.41) is 10.4. The molecule has 0 spiro atoms. The molecule has 4 aromatic rings. The van der Waals surface area contributed by atoms with Crippen LogP contribution in [0.3, 0.4) is 0 Å². The maximum absolute atomic E-state index is 12.6. The number of aromatic nitrogens is 3. The van der Waals surface area contributed by atoms with Gasteiger partial charge in [-0.15, -0.1) is 0 Å². The molecule has 0 saturated heterocycles. The molecule has 2 aromatic carbocycles. The minimum absolute atomic E-state index is 0.0489. The summed E-state index contributed by atoms with van der Waals surface area (Å²) in [6.07, 6.45) is 0. The van der Waals surface area contributed by atoms with Gasteiger partial charge in [0.05, 0.1) is 34.1 Å². The number of para-hydroxylation sites is 1. The van der Waals surface area contributed by atoms with Crippen molar-refractivity contribution in [1.82, 2.24) is 20.5 Å². The van der Waals surface area contributed by atoms with E-state index in [-0.39, 0.29) is 33.7 Å². The van der Waals surface area contributed by atoms with E-state index < -0.39 is 22.9 Å². The van der Waals surface area contributed by atoms with Crippen LogP contribution in [0.2, 0.25) is 5.15 Å². The Bertz CT molecular complexity index is 1430. The zero-order valence-corrected chi connectivity index (χ0v) is 16.0. The Morgan fingerprint density at radius 1 is 0.967 bits per heavy atom. The van der Waals surface area contributed by atoms with Crippen molar-refractivity contribution in [2.75, 3.05) is 11.9 Å². The second-order valence-electron chi connectivity index (χ2n) is 6.38. The van der Waals surface area contributed by atoms with E-state index in [4.69, 9.17) is 11.6 Å². The Morgan fingerprint density at radius 3 is 2.53 bits per heavy atom. The van der Waals surface area contributed by atoms with Crippen LogP contribution in [0.1, 0.15) is 10.4 Å². The van der Waals surface area contributed by atoms with Crippen LogP contribution in [0, 0.1) is 0 Å². The number of hydrogen-bond acceptors (Lipinski definition) is 5. The minimum atomic E-state index is -0.569. The summed E-state index contributed by atoms with van der Waals surface area (Å²) in [6, 6.07) is 12.9. The maximum atomic E-state index is 12.6. The molecule has 0 bridgehead atoms. The Morgan fingerprint density at radius 2 is 1.70 bits per heavy atom. The monoisotopic (exact) mass is 423 g/mol. The predicted molar refractivity (Wildman–Crippen MR) is 113 cm³/mol. The zero-order valence-electron chi connectivity index (χ0n) is 15.3. The fourth-order valence-corrected chi connectivity index (χ4v) is 3.31. The molecule has 150 valence electrons. The molecule has 2 heterocycles. The first-order chi connectivity index (χ1) is 14.4. The average Bonchev–Trinajstić information content (AvgIpc) is 2.74. The van der Waals surface area contributed by atoms with Crippen LogP contribution in [-0.4, -0.2) is 33.5 Å². The van der Waals surface area contributed by atoms with Crippen molar-refractivity contribution in [1.29, 1.82) is 0 Å². The van der Waals surface area contributed by atoms with Crippen molar-refractivity contribution in [3.05, 3.63) is 80.0 Å². The van der Waals surface area contributed by atoms with Crippen molar-refractivity contribution in [3.63, 3.8) is 0 Å². The predicted octanol–water partition coefficient (Wildman–Crippen LogP) is 1.79. The smallest absolute Gasteiger partial charge is 0.272 e. The first kappa shape index (κ1) is 19.3. The third-order valence-corrected chi connectivity index (χ3v) is 4.63. The van der Waals surface area contributed by atoms with Crippen molar-refractivity contribution in [3.8, 4) is 0 Å². The molecule has 0 atom stereocenters. The number of fused-ring (bicyclic) bond motifs is 2. The van der Waals surface area contributed by atoms with Gasteiger partial charge in [-0.1, -0.05) is 35.9 Å². The Kier molecular flexibility index (Phi) is 5.03. The quantitative estimate of drug-likeness (QED) is 0.371. The average molecular weight is 424 g/mol. The molecule has 0 aliphatic rings. The number of benzene rings is 2. The van der Waals surface area contributed by atoms with Gasteiger partial charge in [0, 0.05) is 5.39 Å². The van der Waals surface area contributed by atoms with Crippen molar-refractivity contribution >= 4 is 50.8 Å². The Balaban J connectivity index is 1.54. The van der Waals surface area contributed by atoms with Crippen molar-refractivity contribution < 1.29 is 9.59 Å². The lowest BCUT2D eigenvalue weighted by molar-refractivity contribution is -0.115. The molecule has 0 fully saturated rings. The molecule has 0 aliphatic heterocycles. The summed E-state index contributed by atoms with van der Waals surface area (Å²) < 4.78 is 0. The van der Waals surface area contributed by atoms with Gasteiger partial charge in [0.2, 0.25) is 5.91 Å². The fraction of sp³-hybridized carbons (Fsp3) is 0.0500. The number of carbonyl (C=O) groups excluding carboxylic acids is 2. The van der Waals surface area contributed by atoms with Gasteiger partial charge >= 0.3 is 0 Å². The molecule has 9 nitrogen and oxygen atoms in total. The zero-order chi connectivity index (χ0) is 21.3. The molecular weight excluding hydrogens is 410 g/mol. The van der Waals surface area contributed by atoms with E-state index in [0.29, 0.717) is 10.9 Å². The van der Waals surface area contributed by atoms with Crippen LogP contribution >= 0.6 is 11.6 Å². The number of hydrogen-bond donors (Lipinski definition) is 4. The normalized spacial score (nSPS) is 10.8. The van der Waals surface area contributed by atoms with Gasteiger partial charge in [-0.2, -0.15) is 0 Å². The third-order valence-electron chi connectivity index (χ3n) is 4.44. The standard InChI is InChI=1S/C20H14ClN5O4/c21-15-8-12(10-4-1-2-6-13(10)23-15)18(28)22-9-16(27)24-14-7-3-5-11-17(14)20(30)26-25-19(11)29/h1-8H,9H2,(H,22,28)(H,24,27)(H,25,29)(H,26,30). The Hall–Kier alpha value is -3.98. The topological polar surface area (TPSA) is 137 Å². The van der Waals surface area contributed by atoms with Crippen molar-refractivity contribution in [2.45, 2.75) is 0 Å². The molecule has 0 aliphatic carbocycles. The second kappa shape index (κ2) is 7.80. The first-order valence-corrected chi connectivity index (χ1v) is 9.19. The number of nitrogens with one attached hydrogen (secondary N) is 4. The lowest BCUT2D eigenvalue weighted by Gasteiger charge is -2.10. The maximum Gasteiger partial charge on any atom is 0.272 e. The van der Waals surface area contributed by atoms with Crippen LogP contribution in [0.25, 0.3) is 21.7 Å². The number of carbonyl (C=O) groups is 2. The van der Waals surface area contributed by atoms with E-state index in [1.165, 1.54) is 24.3 Å². The number of halogens is 1. The highest BCUT2D eigenvalue weighted by Crippen LogP contribution is 2.21. The highest BCUT2D eigenvalue weighted by atomic mass is 35.5. The lowest BCUT2D eigenvalue weighted by Crippen LogP contribution is -2.33. The summed E-state index contributed by atoms with van der Waals surface area (Å²) >= 11 is 5.99. The summed E-state index contributed by atoms with van der Waals surface area (Å²) in [5.41, 5.74) is -0.0410. The molecule has 10 heteroatoms. The largest absolute Gasteiger partial charge is 0.343 e. The number of anilines is 1. The molecular formula is C20H14ClN5O4. The van der Waals surface area contributed by atoms with E-state index in [2.05, 4.69) is 25.8 Å². The van der Waals surface area contributed by atoms with Gasteiger partial charge in [0.1, 0.15) is 5.15 Å². The van der Waals surface area contributed by atoms with Crippen molar-refractivity contribution in [2.24, 2.45) is 0 Å². The summed E-state index contributed by atoms with van der Waals surface area (Å²) in [7, 11) is 0. The number of aromatic amines is 2. The van der Waals surface area contributed by atoms with Gasteiger partial charge in [-0.05, 0) is 24.3 Å². The lowest BCUT2D eigenvalue weighted by atomic mass is 10.1. The van der Waals surface area contributed by atoms with Gasteiger partial charge in [-0.25, -0.2) is 4.98 Å². The molecule has 4 rings (SSSR count). The molecule has 2 aromatic heterocycles. The fourth-order valence-electron chi connectivity index (χ4n) is 3.11. The summed E-state index contributed by atoms with van der Waals surface area (Å²) in [6.45, 7) is -0.357. The number of amides is 2. The number of nitrogens with zero attached hydrogens (tertiary/aromatic N) is 1. The number of pyridine rings is 1. The molecule has 4 N–H and O–H groups in total. The summed E-state index contributed by atoms with van der Waals surface area (Å²) in [5.74, 6) is -1.07. The second-order valence-corrected chi connectivity index (χ2v) is 6.76. The molecule has 0 radical (unpaired) electrons. The van der Waals surface area contributed by atoms with E-state index in [1.807, 2.05) is 0 Å². The number of H-pyrrole nitrogens is 2. The first-order valence-electron chi connectivity index (χ1n) is 8.81. The van der Waals surface area contributed by atoms with E-state index >= 15 is 0 Å². The van der Waals surface area contributed by atoms with Gasteiger partial charge in [0.25, 0.3) is 17.0 Å². The van der Waals surface area contributed by atoms with Gasteiger partial charge < -0.3 is 10.6 Å². The molecule has 0 unspecified atom stereocenters. The van der Waals surface area contributed by atoms with E-state index in [0.717, 1.165) is 0 Å². The van der Waals surface area contributed by atoms with Crippen LogP contribution in [-0.2, 0) is 4.79 Å². The van der Waals surface area contributed by atoms with Crippen LogP contribution < -0.4 is 21.8 Å². The van der Waals surface area contributed by atoms with Crippen LogP contribution in [0.15, 0.2) is 58.1 Å². The molecule has 30 heavy (non-hydrogen) atoms. The van der Waals surface area contributed by atoms with Gasteiger partial charge in [-0.3, -0.25) is 29.4 Å². The van der Waals surface area contributed by atoms with E-state index in [1.54, 1.807) is 24.3 Å². The SMILES string of the molecule is O=C(CNC(=O)c1cc(Cl)nc2ccccc12)Nc1cccc2c(=O)[nH][nH]c(=O)c12. The highest BCUT2D eigenvalue weighted by Gasteiger charge is 2.15. The third kappa shape index (κ3) is 3.65. The van der Waals surface area contributed by atoms with Crippen LogP contribution in [0.5, 0.6) is 0 Å².